The van der Waals surface area contributed by atoms with Crippen molar-refractivity contribution in [3.05, 3.63) is 16.0 Å². The number of Topliss-reactive ketones (excluding diaryl/α,β-unsaturated/α-hetero) is 1. The molecule has 5 heteroatoms. The third kappa shape index (κ3) is 3.39. The Morgan fingerprint density at radius 3 is 2.62 bits per heavy atom. The van der Waals surface area contributed by atoms with E-state index in [4.69, 9.17) is 4.74 Å². The van der Waals surface area contributed by atoms with Crippen molar-refractivity contribution in [2.45, 2.75) is 58.4 Å². The fourth-order valence-corrected chi connectivity index (χ4v) is 5.65. The normalized spacial score (nSPS) is 22.0. The molecule has 3 rings (SSSR count). The van der Waals surface area contributed by atoms with Crippen molar-refractivity contribution >= 4 is 22.1 Å². The largest absolute Gasteiger partial charge is 0.381 e. The number of thiophene rings is 1. The Kier molecular flexibility index (Phi) is 5.95. The molecule has 1 aromatic heterocycles. The molecule has 1 unspecified atom stereocenters. The molecule has 134 valence electrons. The summed E-state index contributed by atoms with van der Waals surface area (Å²) in [5.74, 6) is 0.807. The van der Waals surface area contributed by atoms with E-state index in [1.807, 2.05) is 18.3 Å². The maximum Gasteiger partial charge on any atom is 0.164 e. The molecule has 3 heterocycles. The average Bonchev–Trinajstić information content (AvgIpc) is 3.25. The van der Waals surface area contributed by atoms with E-state index in [1.54, 1.807) is 0 Å². The van der Waals surface area contributed by atoms with Gasteiger partial charge in [0.1, 0.15) is 0 Å². The summed E-state index contributed by atoms with van der Waals surface area (Å²) in [7, 11) is 0. The van der Waals surface area contributed by atoms with Crippen LogP contribution in [-0.4, -0.2) is 44.7 Å². The van der Waals surface area contributed by atoms with Gasteiger partial charge in [0.2, 0.25) is 0 Å². The second-order valence-corrected chi connectivity index (χ2v) is 7.90. The number of carbonyl (C=O) groups is 1. The summed E-state index contributed by atoms with van der Waals surface area (Å²) in [6, 6.07) is 0.542. The predicted octanol–water partition coefficient (Wildman–Crippen LogP) is 3.73. The molecule has 0 radical (unpaired) electrons. The van der Waals surface area contributed by atoms with Gasteiger partial charge in [-0.15, -0.1) is 11.3 Å². The highest BCUT2D eigenvalue weighted by Crippen LogP contribution is 2.43. The predicted molar refractivity (Wildman–Crippen MR) is 101 cm³/mol. The Labute approximate surface area is 149 Å². The second kappa shape index (κ2) is 7.98. The van der Waals surface area contributed by atoms with E-state index in [-0.39, 0.29) is 0 Å². The van der Waals surface area contributed by atoms with Crippen LogP contribution in [-0.2, 0) is 4.74 Å². The zero-order valence-corrected chi connectivity index (χ0v) is 16.0. The summed E-state index contributed by atoms with van der Waals surface area (Å²) in [5, 5.41) is 4.78. The Hall–Kier alpha value is -0.910. The summed E-state index contributed by atoms with van der Waals surface area (Å²) < 4.78 is 5.54. The lowest BCUT2D eigenvalue weighted by atomic mass is 9.96. The monoisotopic (exact) mass is 350 g/mol. The first-order chi connectivity index (χ1) is 11.7. The average molecular weight is 351 g/mol. The van der Waals surface area contributed by atoms with E-state index < -0.39 is 0 Å². The summed E-state index contributed by atoms with van der Waals surface area (Å²) in [4.78, 5) is 16.5. The van der Waals surface area contributed by atoms with Crippen LogP contribution in [0, 0.1) is 6.92 Å². The Bertz CT molecular complexity index is 572. The highest BCUT2D eigenvalue weighted by Gasteiger charge is 2.31. The molecule has 0 spiro atoms. The molecule has 0 aliphatic carbocycles. The Balaban J connectivity index is 1.98. The topological polar surface area (TPSA) is 41.6 Å². The molecule has 2 aliphatic rings. The van der Waals surface area contributed by atoms with Gasteiger partial charge in [-0.2, -0.15) is 0 Å². The maximum atomic E-state index is 12.7. The van der Waals surface area contributed by atoms with E-state index in [0.717, 1.165) is 57.7 Å². The molecule has 0 amide bonds. The maximum absolute atomic E-state index is 12.7. The zero-order valence-electron chi connectivity index (χ0n) is 15.2. The molecule has 0 saturated carbocycles. The summed E-state index contributed by atoms with van der Waals surface area (Å²) >= 11 is 1.88. The molecule has 2 aliphatic heterocycles. The molecule has 0 aromatic carbocycles. The number of ketones is 1. The first-order valence-electron chi connectivity index (χ1n) is 9.38. The number of anilines is 1. The molecular formula is C19H30N2O2S. The third-order valence-electron chi connectivity index (χ3n) is 5.41. The Morgan fingerprint density at radius 2 is 2.04 bits per heavy atom. The number of ether oxygens (including phenoxy) is 1. The van der Waals surface area contributed by atoms with Crippen molar-refractivity contribution in [3.8, 4) is 0 Å². The summed E-state index contributed by atoms with van der Waals surface area (Å²) in [5.41, 5.74) is 2.24. The van der Waals surface area contributed by atoms with Crippen LogP contribution in [0.2, 0.25) is 0 Å². The van der Waals surface area contributed by atoms with E-state index in [0.29, 0.717) is 24.2 Å². The van der Waals surface area contributed by atoms with Crippen LogP contribution in [0.15, 0.2) is 0 Å². The highest BCUT2D eigenvalue weighted by atomic mass is 32.1. The van der Waals surface area contributed by atoms with Gasteiger partial charge in [-0.25, -0.2) is 0 Å². The Morgan fingerprint density at radius 1 is 1.29 bits per heavy atom. The zero-order chi connectivity index (χ0) is 17.1. The standard InChI is InChI=1S/C19H30N2O2S/c1-4-16(22)17-13(3)19(24-18(17)14-6-9-20-12-14)21(5-2)15-7-10-23-11-8-15/h14-15,20H,4-12H2,1-3H3. The molecule has 2 fully saturated rings. The lowest BCUT2D eigenvalue weighted by Crippen LogP contribution is -2.39. The summed E-state index contributed by atoms with van der Waals surface area (Å²) in [6.07, 6.45) is 3.91. The third-order valence-corrected chi connectivity index (χ3v) is 6.90. The molecule has 1 atom stereocenters. The molecule has 4 nitrogen and oxygen atoms in total. The quantitative estimate of drug-likeness (QED) is 0.794. The van der Waals surface area contributed by atoms with Crippen molar-refractivity contribution in [2.24, 2.45) is 0 Å². The van der Waals surface area contributed by atoms with Crippen LogP contribution in [0.5, 0.6) is 0 Å². The van der Waals surface area contributed by atoms with Gasteiger partial charge >= 0.3 is 0 Å². The van der Waals surface area contributed by atoms with Crippen molar-refractivity contribution in [1.29, 1.82) is 0 Å². The van der Waals surface area contributed by atoms with Crippen LogP contribution < -0.4 is 10.2 Å². The first-order valence-corrected chi connectivity index (χ1v) is 10.2. The van der Waals surface area contributed by atoms with Gasteiger partial charge < -0.3 is 15.0 Å². The number of carbonyl (C=O) groups excluding carboxylic acids is 1. The van der Waals surface area contributed by atoms with E-state index in [2.05, 4.69) is 24.1 Å². The molecule has 24 heavy (non-hydrogen) atoms. The lowest BCUT2D eigenvalue weighted by molar-refractivity contribution is 0.0847. The number of hydrogen-bond donors (Lipinski definition) is 1. The molecular weight excluding hydrogens is 320 g/mol. The lowest BCUT2D eigenvalue weighted by Gasteiger charge is -2.35. The van der Waals surface area contributed by atoms with Gasteiger partial charge in [0.25, 0.3) is 0 Å². The van der Waals surface area contributed by atoms with E-state index in [1.165, 1.54) is 15.4 Å². The minimum absolute atomic E-state index is 0.305. The molecule has 2 saturated heterocycles. The summed E-state index contributed by atoms with van der Waals surface area (Å²) in [6.45, 7) is 11.1. The van der Waals surface area contributed by atoms with Crippen LogP contribution >= 0.6 is 11.3 Å². The number of rotatable bonds is 6. The SMILES string of the molecule is CCC(=O)c1c(C2CCNC2)sc(N(CC)C2CCOCC2)c1C. The van der Waals surface area contributed by atoms with Crippen molar-refractivity contribution in [1.82, 2.24) is 5.32 Å². The van der Waals surface area contributed by atoms with Gasteiger partial charge in [-0.3, -0.25) is 4.79 Å². The van der Waals surface area contributed by atoms with Gasteiger partial charge in [0, 0.05) is 55.1 Å². The molecule has 1 aromatic rings. The first kappa shape index (κ1) is 17.9. The van der Waals surface area contributed by atoms with Crippen LogP contribution in [0.4, 0.5) is 5.00 Å². The van der Waals surface area contributed by atoms with Crippen LogP contribution in [0.25, 0.3) is 0 Å². The second-order valence-electron chi connectivity index (χ2n) is 6.87. The smallest absolute Gasteiger partial charge is 0.164 e. The fraction of sp³-hybridized carbons (Fsp3) is 0.737. The number of nitrogens with zero attached hydrogens (tertiary/aromatic N) is 1. The van der Waals surface area contributed by atoms with Crippen LogP contribution in [0.3, 0.4) is 0 Å². The number of nitrogens with one attached hydrogen (secondary N) is 1. The van der Waals surface area contributed by atoms with Crippen molar-refractivity contribution in [3.63, 3.8) is 0 Å². The fourth-order valence-electron chi connectivity index (χ4n) is 4.05. The van der Waals surface area contributed by atoms with E-state index >= 15 is 0 Å². The van der Waals surface area contributed by atoms with Gasteiger partial charge in [-0.1, -0.05) is 6.92 Å². The van der Waals surface area contributed by atoms with Crippen molar-refractivity contribution < 1.29 is 9.53 Å². The minimum Gasteiger partial charge on any atom is -0.381 e. The van der Waals surface area contributed by atoms with E-state index in [9.17, 15) is 4.79 Å². The molecule has 1 N–H and O–H groups in total. The number of hydrogen-bond acceptors (Lipinski definition) is 5. The van der Waals surface area contributed by atoms with Gasteiger partial charge in [0.05, 0.1) is 5.00 Å². The van der Waals surface area contributed by atoms with Gasteiger partial charge in [-0.05, 0) is 45.2 Å². The minimum atomic E-state index is 0.305. The van der Waals surface area contributed by atoms with Crippen LogP contribution in [0.1, 0.15) is 66.2 Å². The molecule has 0 bridgehead atoms. The van der Waals surface area contributed by atoms with Gasteiger partial charge in [0.15, 0.2) is 5.78 Å². The highest BCUT2D eigenvalue weighted by molar-refractivity contribution is 7.16. The van der Waals surface area contributed by atoms with Crippen molar-refractivity contribution in [2.75, 3.05) is 37.7 Å².